The molecule has 56 valence electrons. The highest BCUT2D eigenvalue weighted by molar-refractivity contribution is 6.18. The van der Waals surface area contributed by atoms with E-state index in [0.29, 0.717) is 17.2 Å². The summed E-state index contributed by atoms with van der Waals surface area (Å²) >= 11 is 5.34. The van der Waals surface area contributed by atoms with Crippen LogP contribution in [0.5, 0.6) is 0 Å². The Balaban J connectivity index is 2.54. The third-order valence-corrected chi connectivity index (χ3v) is 1.48. The standard InChI is InChI=1S/C4H6ClN3O2/c5-2-1-3-4(9)6-7-8(3)10/h3H,1-2H2,(H-,6,7,9,10)/p+1. The molecule has 0 aromatic rings. The number of nitrogens with one attached hydrogen (secondary N) is 2. The summed E-state index contributed by atoms with van der Waals surface area (Å²) in [5.74, 6) is -0.0194. The van der Waals surface area contributed by atoms with E-state index >= 15 is 0 Å². The number of nitrogens with zero attached hydrogens (tertiary/aromatic N) is 1. The Labute approximate surface area is 62.2 Å². The molecule has 1 saturated heterocycles. The Morgan fingerprint density at radius 1 is 1.70 bits per heavy atom. The molecule has 0 aromatic heterocycles. The number of hydrogen-bond acceptors (Lipinski definition) is 2. The Morgan fingerprint density at radius 2 is 2.40 bits per heavy atom. The molecule has 1 fully saturated rings. The molecule has 6 heteroatoms. The lowest BCUT2D eigenvalue weighted by Gasteiger charge is -1.89. The quantitative estimate of drug-likeness (QED) is 0.420. The van der Waals surface area contributed by atoms with Crippen molar-refractivity contribution >= 4 is 17.5 Å². The van der Waals surface area contributed by atoms with E-state index < -0.39 is 6.04 Å². The molecular weight excluding hydrogens is 158 g/mol. The van der Waals surface area contributed by atoms with E-state index in [1.807, 2.05) is 0 Å². The van der Waals surface area contributed by atoms with Crippen molar-refractivity contribution < 1.29 is 9.66 Å². The van der Waals surface area contributed by atoms with Gasteiger partial charge in [0.1, 0.15) is 4.87 Å². The van der Waals surface area contributed by atoms with Crippen LogP contribution in [0.15, 0.2) is 0 Å². The van der Waals surface area contributed by atoms with Crippen LogP contribution >= 0.6 is 11.6 Å². The first kappa shape index (κ1) is 7.27. The van der Waals surface area contributed by atoms with Gasteiger partial charge in [0.05, 0.1) is 4.91 Å². The molecule has 1 unspecified atom stereocenters. The second-order valence-corrected chi connectivity index (χ2v) is 2.30. The largest absolute Gasteiger partial charge is 0.319 e. The summed E-state index contributed by atoms with van der Waals surface area (Å²) in [6, 6.07) is -0.669. The highest BCUT2D eigenvalue weighted by Gasteiger charge is 2.40. The Bertz CT molecular complexity index is 156. The molecule has 0 aliphatic carbocycles. The zero-order chi connectivity index (χ0) is 7.56. The van der Waals surface area contributed by atoms with E-state index in [0.717, 1.165) is 0 Å². The van der Waals surface area contributed by atoms with Crippen LogP contribution in [-0.4, -0.2) is 22.7 Å². The molecule has 10 heavy (non-hydrogen) atoms. The lowest BCUT2D eigenvalue weighted by Crippen LogP contribution is -2.28. The van der Waals surface area contributed by atoms with Gasteiger partial charge in [-0.05, 0) is 0 Å². The van der Waals surface area contributed by atoms with Gasteiger partial charge in [-0.1, -0.05) is 5.53 Å². The summed E-state index contributed by atoms with van der Waals surface area (Å²) in [5.41, 5.74) is 4.29. The molecule has 0 radical (unpaired) electrons. The minimum Gasteiger partial charge on any atom is -0.265 e. The Hall–Kier alpha value is -0.840. The molecule has 0 aromatic carbocycles. The van der Waals surface area contributed by atoms with Crippen LogP contribution in [0, 0.1) is 4.91 Å². The van der Waals surface area contributed by atoms with Gasteiger partial charge in [0.15, 0.2) is 0 Å². The number of halogens is 1. The van der Waals surface area contributed by atoms with Gasteiger partial charge in [-0.25, -0.2) is 5.43 Å². The van der Waals surface area contributed by atoms with Gasteiger partial charge in [0, 0.05) is 12.3 Å². The van der Waals surface area contributed by atoms with E-state index in [4.69, 9.17) is 11.6 Å². The summed E-state index contributed by atoms with van der Waals surface area (Å²) in [7, 11) is 0. The predicted molar refractivity (Wildman–Crippen MR) is 34.0 cm³/mol. The van der Waals surface area contributed by atoms with Crippen molar-refractivity contribution in [3.63, 3.8) is 0 Å². The fourth-order valence-corrected chi connectivity index (χ4v) is 0.936. The van der Waals surface area contributed by atoms with Gasteiger partial charge in [0.2, 0.25) is 0 Å². The van der Waals surface area contributed by atoms with Gasteiger partial charge >= 0.3 is 11.9 Å². The Morgan fingerprint density at radius 3 is 2.80 bits per heavy atom. The van der Waals surface area contributed by atoms with Gasteiger partial charge in [0.25, 0.3) is 0 Å². The monoisotopic (exact) mass is 164 g/mol. The minimum absolute atomic E-state index is 0.304. The SMILES string of the molecule is O=C1NN[N+](=O)C1CCCl. The fourth-order valence-electron chi connectivity index (χ4n) is 0.730. The maximum absolute atomic E-state index is 10.7. The third kappa shape index (κ3) is 1.18. The fraction of sp³-hybridized carbons (Fsp3) is 0.750. The molecule has 5 nitrogen and oxygen atoms in total. The van der Waals surface area contributed by atoms with Crippen LogP contribution in [0.3, 0.4) is 0 Å². The number of carbonyl (C=O) groups is 1. The molecule has 1 heterocycles. The van der Waals surface area contributed by atoms with Crippen molar-refractivity contribution in [1.82, 2.24) is 11.0 Å². The first-order chi connectivity index (χ1) is 4.75. The smallest absolute Gasteiger partial charge is 0.265 e. The van der Waals surface area contributed by atoms with Crippen LogP contribution in [0.4, 0.5) is 0 Å². The normalized spacial score (nSPS) is 24.3. The molecule has 1 rings (SSSR count). The van der Waals surface area contributed by atoms with Crippen LogP contribution < -0.4 is 11.0 Å². The Kier molecular flexibility index (Phi) is 2.06. The lowest BCUT2D eigenvalue weighted by atomic mass is 10.2. The average molecular weight is 165 g/mol. The number of hydrogen-bond donors (Lipinski definition) is 2. The first-order valence-corrected chi connectivity index (χ1v) is 3.37. The van der Waals surface area contributed by atoms with E-state index in [2.05, 4.69) is 11.0 Å². The highest BCUT2D eigenvalue weighted by Crippen LogP contribution is 2.01. The van der Waals surface area contributed by atoms with Crippen LogP contribution in [0.1, 0.15) is 6.42 Å². The van der Waals surface area contributed by atoms with Crippen molar-refractivity contribution in [3.05, 3.63) is 4.91 Å². The second-order valence-electron chi connectivity index (χ2n) is 1.92. The number of hydrazine groups is 2. The molecule has 1 aliphatic rings. The molecule has 1 aliphatic heterocycles. The molecule has 2 N–H and O–H groups in total. The molecule has 1 amide bonds. The van der Waals surface area contributed by atoms with Gasteiger partial charge in [-0.3, -0.25) is 4.79 Å². The zero-order valence-electron chi connectivity index (χ0n) is 5.13. The average Bonchev–Trinajstić information content (AvgIpc) is 2.20. The summed E-state index contributed by atoms with van der Waals surface area (Å²) in [6.07, 6.45) is 0.365. The minimum atomic E-state index is -0.669. The number of carbonyl (C=O) groups excluding carboxylic acids is 1. The zero-order valence-corrected chi connectivity index (χ0v) is 5.89. The van der Waals surface area contributed by atoms with E-state index in [9.17, 15) is 9.70 Å². The van der Waals surface area contributed by atoms with Gasteiger partial charge in [-0.15, -0.1) is 11.6 Å². The molecular formula is C4H7ClN3O2+. The van der Waals surface area contributed by atoms with Gasteiger partial charge in [-0.2, -0.15) is 0 Å². The van der Waals surface area contributed by atoms with Crippen molar-refractivity contribution in [2.75, 3.05) is 5.88 Å². The number of amides is 1. The summed E-state index contributed by atoms with van der Waals surface area (Å²) in [4.78, 5) is 21.8. The van der Waals surface area contributed by atoms with E-state index in [1.54, 1.807) is 0 Å². The van der Waals surface area contributed by atoms with E-state index in [1.165, 1.54) is 0 Å². The van der Waals surface area contributed by atoms with Crippen molar-refractivity contribution in [2.24, 2.45) is 0 Å². The van der Waals surface area contributed by atoms with E-state index in [-0.39, 0.29) is 5.91 Å². The van der Waals surface area contributed by atoms with Crippen LogP contribution in [0.2, 0.25) is 0 Å². The molecule has 0 bridgehead atoms. The van der Waals surface area contributed by atoms with Crippen molar-refractivity contribution in [1.29, 1.82) is 0 Å². The number of nitroso groups, excluding NO2 is 1. The molecule has 1 atom stereocenters. The van der Waals surface area contributed by atoms with Crippen LogP contribution in [-0.2, 0) is 4.79 Å². The number of alkyl halides is 1. The molecule has 0 spiro atoms. The van der Waals surface area contributed by atoms with Crippen LogP contribution in [0.25, 0.3) is 0 Å². The van der Waals surface area contributed by atoms with Crippen molar-refractivity contribution in [3.8, 4) is 0 Å². The topological polar surface area (TPSA) is 61.2 Å². The van der Waals surface area contributed by atoms with Gasteiger partial charge < -0.3 is 0 Å². The first-order valence-electron chi connectivity index (χ1n) is 2.83. The maximum Gasteiger partial charge on any atom is 0.319 e. The van der Waals surface area contributed by atoms with Crippen molar-refractivity contribution in [2.45, 2.75) is 12.5 Å². The maximum atomic E-state index is 10.7. The number of rotatable bonds is 2. The summed E-state index contributed by atoms with van der Waals surface area (Å²) in [6.45, 7) is 0. The lowest BCUT2D eigenvalue weighted by molar-refractivity contribution is -0.618. The predicted octanol–water partition coefficient (Wildman–Crippen LogP) is -0.688. The molecule has 0 saturated carbocycles. The third-order valence-electron chi connectivity index (χ3n) is 1.26. The summed E-state index contributed by atoms with van der Waals surface area (Å²) in [5, 5.41) is 0. The second kappa shape index (κ2) is 2.83. The summed E-state index contributed by atoms with van der Waals surface area (Å²) < 4.78 is 0. The highest BCUT2D eigenvalue weighted by atomic mass is 35.5.